The topological polar surface area (TPSA) is 93.3 Å². The summed E-state index contributed by atoms with van der Waals surface area (Å²) in [6.07, 6.45) is 3.46. The van der Waals surface area contributed by atoms with Crippen LogP contribution in [0, 0.1) is 25.2 Å². The predicted octanol–water partition coefficient (Wildman–Crippen LogP) is 4.04. The van der Waals surface area contributed by atoms with Crippen LogP contribution in [0.5, 0.6) is 5.75 Å². The van der Waals surface area contributed by atoms with E-state index in [-0.39, 0.29) is 6.04 Å². The molecule has 30 heavy (non-hydrogen) atoms. The molecule has 1 aromatic carbocycles. The number of aromatic nitrogens is 1. The van der Waals surface area contributed by atoms with Crippen LogP contribution >= 0.6 is 0 Å². The lowest BCUT2D eigenvalue weighted by molar-refractivity contribution is -0.153. The van der Waals surface area contributed by atoms with Gasteiger partial charge in [0, 0.05) is 11.7 Å². The van der Waals surface area contributed by atoms with E-state index >= 15 is 0 Å². The predicted molar refractivity (Wildman–Crippen MR) is 112 cm³/mol. The number of para-hydroxylation sites is 1. The van der Waals surface area contributed by atoms with Gasteiger partial charge in [-0.15, -0.1) is 0 Å². The highest BCUT2D eigenvalue weighted by Crippen LogP contribution is 2.37. The van der Waals surface area contributed by atoms with Crippen molar-refractivity contribution in [3.8, 4) is 11.8 Å². The molecule has 1 N–H and O–H groups in total. The SMILES string of the molecule is Cc1c(C#N)c(NC(=O)COC(=O)C(C)Oc2ccccc2)n(C2CCCC2)c1C. The molecule has 1 saturated carbocycles. The fourth-order valence-electron chi connectivity index (χ4n) is 3.88. The number of hydrogen-bond donors (Lipinski definition) is 1. The number of carbonyl (C=O) groups is 2. The van der Waals surface area contributed by atoms with Gasteiger partial charge in [-0.25, -0.2) is 4.79 Å². The van der Waals surface area contributed by atoms with Crippen LogP contribution in [0.1, 0.15) is 55.5 Å². The largest absolute Gasteiger partial charge is 0.479 e. The van der Waals surface area contributed by atoms with Gasteiger partial charge in [0.1, 0.15) is 17.6 Å². The number of esters is 1. The second-order valence-corrected chi connectivity index (χ2v) is 7.58. The van der Waals surface area contributed by atoms with E-state index in [4.69, 9.17) is 9.47 Å². The Hall–Kier alpha value is -3.27. The van der Waals surface area contributed by atoms with Gasteiger partial charge in [-0.1, -0.05) is 31.0 Å². The molecule has 0 aliphatic heterocycles. The first kappa shape index (κ1) is 21.4. The molecule has 158 valence electrons. The van der Waals surface area contributed by atoms with Crippen molar-refractivity contribution in [3.63, 3.8) is 0 Å². The zero-order valence-corrected chi connectivity index (χ0v) is 17.6. The Kier molecular flexibility index (Phi) is 6.78. The van der Waals surface area contributed by atoms with E-state index in [0.29, 0.717) is 17.1 Å². The maximum atomic E-state index is 12.5. The number of nitrogens with one attached hydrogen (secondary N) is 1. The normalized spacial score (nSPS) is 14.7. The molecule has 7 nitrogen and oxygen atoms in total. The summed E-state index contributed by atoms with van der Waals surface area (Å²) < 4.78 is 12.7. The van der Waals surface area contributed by atoms with Crippen LogP contribution in [-0.4, -0.2) is 29.2 Å². The number of nitrogens with zero attached hydrogens (tertiary/aromatic N) is 2. The second kappa shape index (κ2) is 9.49. The number of rotatable bonds is 7. The molecule has 1 fully saturated rings. The van der Waals surface area contributed by atoms with Crippen molar-refractivity contribution in [2.45, 2.75) is 58.6 Å². The summed E-state index contributed by atoms with van der Waals surface area (Å²) >= 11 is 0. The molecule has 1 aromatic heterocycles. The van der Waals surface area contributed by atoms with Crippen LogP contribution in [-0.2, 0) is 14.3 Å². The molecule has 2 aromatic rings. The van der Waals surface area contributed by atoms with Crippen LogP contribution < -0.4 is 10.1 Å². The average Bonchev–Trinajstić information content (AvgIpc) is 3.34. The van der Waals surface area contributed by atoms with Crippen LogP contribution in [0.25, 0.3) is 0 Å². The minimum absolute atomic E-state index is 0.267. The van der Waals surface area contributed by atoms with Crippen molar-refractivity contribution in [3.05, 3.63) is 47.2 Å². The average molecular weight is 409 g/mol. The van der Waals surface area contributed by atoms with Crippen molar-refractivity contribution in [1.29, 1.82) is 5.26 Å². The number of ether oxygens (including phenoxy) is 2. The van der Waals surface area contributed by atoms with Crippen molar-refractivity contribution in [2.75, 3.05) is 11.9 Å². The first-order valence-corrected chi connectivity index (χ1v) is 10.2. The molecule has 1 heterocycles. The minimum atomic E-state index is -0.846. The van der Waals surface area contributed by atoms with E-state index < -0.39 is 24.6 Å². The first-order valence-electron chi connectivity index (χ1n) is 10.2. The van der Waals surface area contributed by atoms with Gasteiger partial charge in [0.25, 0.3) is 5.91 Å². The van der Waals surface area contributed by atoms with Gasteiger partial charge >= 0.3 is 5.97 Å². The Bertz CT molecular complexity index is 953. The molecular weight excluding hydrogens is 382 g/mol. The third-order valence-electron chi connectivity index (χ3n) is 5.55. The molecule has 0 bridgehead atoms. The Morgan fingerprint density at radius 3 is 2.53 bits per heavy atom. The Morgan fingerprint density at radius 1 is 1.23 bits per heavy atom. The van der Waals surface area contributed by atoms with Crippen LogP contribution in [0.4, 0.5) is 5.82 Å². The fraction of sp³-hybridized carbons (Fsp3) is 0.435. The monoisotopic (exact) mass is 409 g/mol. The molecule has 1 aliphatic carbocycles. The number of carbonyl (C=O) groups excluding carboxylic acids is 2. The lowest BCUT2D eigenvalue weighted by Crippen LogP contribution is -2.30. The van der Waals surface area contributed by atoms with E-state index in [1.807, 2.05) is 19.9 Å². The van der Waals surface area contributed by atoms with Gasteiger partial charge in [0.15, 0.2) is 12.7 Å². The first-order chi connectivity index (χ1) is 14.4. The quantitative estimate of drug-likeness (QED) is 0.697. The summed E-state index contributed by atoms with van der Waals surface area (Å²) in [7, 11) is 0. The molecule has 7 heteroatoms. The van der Waals surface area contributed by atoms with Crippen LogP contribution in [0.2, 0.25) is 0 Å². The maximum absolute atomic E-state index is 12.5. The summed E-state index contributed by atoms with van der Waals surface area (Å²) in [4.78, 5) is 24.7. The Balaban J connectivity index is 1.64. The number of hydrogen-bond acceptors (Lipinski definition) is 5. The van der Waals surface area contributed by atoms with Crippen molar-refractivity contribution in [1.82, 2.24) is 4.57 Å². The summed E-state index contributed by atoms with van der Waals surface area (Å²) in [5.74, 6) is -0.0732. The number of nitriles is 1. The summed E-state index contributed by atoms with van der Waals surface area (Å²) in [6, 6.07) is 11.4. The molecule has 0 spiro atoms. The smallest absolute Gasteiger partial charge is 0.347 e. The van der Waals surface area contributed by atoms with E-state index in [2.05, 4.69) is 16.0 Å². The summed E-state index contributed by atoms with van der Waals surface area (Å²) in [5.41, 5.74) is 2.30. The number of amides is 1. The molecule has 3 rings (SSSR count). The maximum Gasteiger partial charge on any atom is 0.347 e. The molecule has 1 unspecified atom stereocenters. The summed E-state index contributed by atoms with van der Waals surface area (Å²) in [5, 5.41) is 12.4. The van der Waals surface area contributed by atoms with E-state index in [1.54, 1.807) is 31.2 Å². The Morgan fingerprint density at radius 2 is 1.90 bits per heavy atom. The van der Waals surface area contributed by atoms with Crippen molar-refractivity contribution in [2.24, 2.45) is 0 Å². The highest BCUT2D eigenvalue weighted by Gasteiger charge is 2.27. The van der Waals surface area contributed by atoms with E-state index in [1.165, 1.54) is 0 Å². The molecule has 0 radical (unpaired) electrons. The molecule has 1 amide bonds. The van der Waals surface area contributed by atoms with Gasteiger partial charge in [0.05, 0.1) is 5.56 Å². The number of benzene rings is 1. The number of anilines is 1. The highest BCUT2D eigenvalue weighted by molar-refractivity contribution is 5.94. The minimum Gasteiger partial charge on any atom is -0.479 e. The zero-order valence-electron chi connectivity index (χ0n) is 17.6. The van der Waals surface area contributed by atoms with Gasteiger partial charge in [-0.3, -0.25) is 4.79 Å². The van der Waals surface area contributed by atoms with Gasteiger partial charge in [-0.2, -0.15) is 5.26 Å². The van der Waals surface area contributed by atoms with Gasteiger partial charge in [0.2, 0.25) is 0 Å². The molecular formula is C23H27N3O4. The van der Waals surface area contributed by atoms with Crippen molar-refractivity contribution >= 4 is 17.7 Å². The second-order valence-electron chi connectivity index (χ2n) is 7.58. The fourth-order valence-corrected chi connectivity index (χ4v) is 3.88. The third-order valence-corrected chi connectivity index (χ3v) is 5.55. The van der Waals surface area contributed by atoms with Crippen LogP contribution in [0.3, 0.4) is 0 Å². The lowest BCUT2D eigenvalue weighted by atomic mass is 10.2. The van der Waals surface area contributed by atoms with E-state index in [0.717, 1.165) is 36.9 Å². The highest BCUT2D eigenvalue weighted by atomic mass is 16.6. The lowest BCUT2D eigenvalue weighted by Gasteiger charge is -2.19. The van der Waals surface area contributed by atoms with Crippen molar-refractivity contribution < 1.29 is 19.1 Å². The van der Waals surface area contributed by atoms with Crippen LogP contribution in [0.15, 0.2) is 30.3 Å². The standard InChI is InChI=1S/C23H27N3O4/c1-15-16(2)26(18-9-7-8-10-18)22(20(15)13-24)25-21(27)14-29-23(28)17(3)30-19-11-5-4-6-12-19/h4-6,11-12,17-18H,7-10,14H2,1-3H3,(H,25,27). The molecule has 0 saturated heterocycles. The molecule has 1 atom stereocenters. The van der Waals surface area contributed by atoms with E-state index in [9.17, 15) is 14.9 Å². The molecule has 1 aliphatic rings. The van der Waals surface area contributed by atoms with Gasteiger partial charge in [-0.05, 0) is 51.3 Å². The Labute approximate surface area is 176 Å². The summed E-state index contributed by atoms with van der Waals surface area (Å²) in [6.45, 7) is 4.98. The van der Waals surface area contributed by atoms with Gasteiger partial charge < -0.3 is 19.4 Å². The third kappa shape index (κ3) is 4.65. The zero-order chi connectivity index (χ0) is 21.7.